The van der Waals surface area contributed by atoms with E-state index in [1.165, 1.54) is 12.1 Å². The van der Waals surface area contributed by atoms with Crippen LogP contribution < -0.4 is 11.1 Å². The minimum atomic E-state index is -1.01. The van der Waals surface area contributed by atoms with Crippen LogP contribution in [0.2, 0.25) is 0 Å². The van der Waals surface area contributed by atoms with Gasteiger partial charge in [0.05, 0.1) is 11.0 Å². The van der Waals surface area contributed by atoms with Crippen molar-refractivity contribution in [3.63, 3.8) is 0 Å². The van der Waals surface area contributed by atoms with Crippen LogP contribution >= 0.6 is 0 Å². The minimum absolute atomic E-state index is 0.102. The molecule has 0 spiro atoms. The molecular formula is C14H18N2O3. The summed E-state index contributed by atoms with van der Waals surface area (Å²) in [6, 6.07) is 6.25. The third kappa shape index (κ3) is 2.76. The third-order valence-corrected chi connectivity index (χ3v) is 3.80. The van der Waals surface area contributed by atoms with Gasteiger partial charge in [0.1, 0.15) is 0 Å². The summed E-state index contributed by atoms with van der Waals surface area (Å²) >= 11 is 0. The molecule has 0 atom stereocenters. The van der Waals surface area contributed by atoms with E-state index in [1.54, 1.807) is 12.1 Å². The SMILES string of the molecule is NCC1(C(=O)Nc2cccc(C(=O)O)c2)CCCC1. The van der Waals surface area contributed by atoms with Crippen molar-refractivity contribution >= 4 is 17.6 Å². The number of carboxylic acid groups (broad SMARTS) is 1. The molecule has 5 heteroatoms. The molecule has 0 radical (unpaired) electrons. The van der Waals surface area contributed by atoms with Crippen molar-refractivity contribution in [2.45, 2.75) is 25.7 Å². The number of carbonyl (C=O) groups is 2. The normalized spacial score (nSPS) is 17.1. The Bertz CT molecular complexity index is 493. The smallest absolute Gasteiger partial charge is 0.335 e. The zero-order valence-electron chi connectivity index (χ0n) is 10.7. The highest BCUT2D eigenvalue weighted by molar-refractivity contribution is 5.97. The van der Waals surface area contributed by atoms with E-state index >= 15 is 0 Å². The van der Waals surface area contributed by atoms with Gasteiger partial charge in [0.25, 0.3) is 0 Å². The summed E-state index contributed by atoms with van der Waals surface area (Å²) in [6.45, 7) is 0.331. The molecule has 1 aliphatic rings. The second kappa shape index (κ2) is 5.40. The molecule has 0 saturated heterocycles. The Kier molecular flexibility index (Phi) is 3.85. The molecule has 4 N–H and O–H groups in total. The van der Waals surface area contributed by atoms with Gasteiger partial charge in [-0.05, 0) is 31.0 Å². The Morgan fingerprint density at radius 3 is 2.58 bits per heavy atom. The van der Waals surface area contributed by atoms with Crippen LogP contribution in [-0.4, -0.2) is 23.5 Å². The summed E-state index contributed by atoms with van der Waals surface area (Å²) in [7, 11) is 0. The van der Waals surface area contributed by atoms with Gasteiger partial charge >= 0.3 is 5.97 Å². The number of hydrogen-bond acceptors (Lipinski definition) is 3. The van der Waals surface area contributed by atoms with E-state index in [1.807, 2.05) is 0 Å². The summed E-state index contributed by atoms with van der Waals surface area (Å²) in [5, 5.41) is 11.7. The third-order valence-electron chi connectivity index (χ3n) is 3.80. The second-order valence-electron chi connectivity index (χ2n) is 5.03. The summed E-state index contributed by atoms with van der Waals surface area (Å²) in [6.07, 6.45) is 3.63. The molecule has 0 aromatic heterocycles. The number of anilines is 1. The molecule has 1 fully saturated rings. The molecule has 19 heavy (non-hydrogen) atoms. The summed E-state index contributed by atoms with van der Waals surface area (Å²) in [4.78, 5) is 23.2. The fourth-order valence-electron chi connectivity index (χ4n) is 2.57. The van der Waals surface area contributed by atoms with Crippen molar-refractivity contribution in [1.29, 1.82) is 0 Å². The summed E-state index contributed by atoms with van der Waals surface area (Å²) in [5.74, 6) is -1.11. The lowest BCUT2D eigenvalue weighted by molar-refractivity contribution is -0.124. The van der Waals surface area contributed by atoms with Crippen molar-refractivity contribution in [1.82, 2.24) is 0 Å². The Morgan fingerprint density at radius 1 is 1.32 bits per heavy atom. The molecule has 0 heterocycles. The van der Waals surface area contributed by atoms with Crippen LogP contribution in [0.25, 0.3) is 0 Å². The number of nitrogens with two attached hydrogens (primary N) is 1. The highest BCUT2D eigenvalue weighted by Gasteiger charge is 2.39. The molecule has 1 aromatic carbocycles. The number of carbonyl (C=O) groups excluding carboxylic acids is 1. The molecule has 102 valence electrons. The van der Waals surface area contributed by atoms with Gasteiger partial charge < -0.3 is 16.2 Å². The largest absolute Gasteiger partial charge is 0.478 e. The summed E-state index contributed by atoms with van der Waals surface area (Å²) in [5.41, 5.74) is 5.92. The number of aromatic carboxylic acids is 1. The van der Waals surface area contributed by atoms with E-state index in [4.69, 9.17) is 10.8 Å². The molecule has 5 nitrogen and oxygen atoms in total. The lowest BCUT2D eigenvalue weighted by Gasteiger charge is -2.25. The Hall–Kier alpha value is -1.88. The molecule has 1 aromatic rings. The van der Waals surface area contributed by atoms with E-state index in [2.05, 4.69) is 5.32 Å². The van der Waals surface area contributed by atoms with Crippen LogP contribution in [0, 0.1) is 5.41 Å². The first-order chi connectivity index (χ1) is 9.07. The second-order valence-corrected chi connectivity index (χ2v) is 5.03. The fraction of sp³-hybridized carbons (Fsp3) is 0.429. The molecule has 1 saturated carbocycles. The van der Waals surface area contributed by atoms with Crippen LogP contribution in [0.5, 0.6) is 0 Å². The lowest BCUT2D eigenvalue weighted by atomic mass is 9.85. The van der Waals surface area contributed by atoms with Gasteiger partial charge in [0.15, 0.2) is 0 Å². The number of carboxylic acids is 1. The van der Waals surface area contributed by atoms with Crippen LogP contribution in [0.15, 0.2) is 24.3 Å². The maximum atomic E-state index is 12.3. The van der Waals surface area contributed by atoms with Crippen molar-refractivity contribution in [2.24, 2.45) is 11.1 Å². The Labute approximate surface area is 111 Å². The van der Waals surface area contributed by atoms with Gasteiger partial charge in [0.2, 0.25) is 5.91 Å². The first-order valence-corrected chi connectivity index (χ1v) is 6.42. The highest BCUT2D eigenvalue weighted by Crippen LogP contribution is 2.38. The number of hydrogen-bond donors (Lipinski definition) is 3. The van der Waals surface area contributed by atoms with E-state index in [9.17, 15) is 9.59 Å². The quantitative estimate of drug-likeness (QED) is 0.772. The fourth-order valence-corrected chi connectivity index (χ4v) is 2.57. The average Bonchev–Trinajstić information content (AvgIpc) is 2.89. The van der Waals surface area contributed by atoms with E-state index in [0.29, 0.717) is 12.2 Å². The molecule has 0 unspecified atom stereocenters. The number of rotatable bonds is 4. The van der Waals surface area contributed by atoms with Gasteiger partial charge in [-0.1, -0.05) is 18.9 Å². The minimum Gasteiger partial charge on any atom is -0.478 e. The Morgan fingerprint density at radius 2 is 2.00 bits per heavy atom. The number of amides is 1. The first kappa shape index (κ1) is 13.5. The van der Waals surface area contributed by atoms with E-state index in [0.717, 1.165) is 25.7 Å². The average molecular weight is 262 g/mol. The van der Waals surface area contributed by atoms with Crippen LogP contribution in [0.4, 0.5) is 5.69 Å². The zero-order chi connectivity index (χ0) is 13.9. The topological polar surface area (TPSA) is 92.4 Å². The maximum Gasteiger partial charge on any atom is 0.335 e. The van der Waals surface area contributed by atoms with Crippen LogP contribution in [-0.2, 0) is 4.79 Å². The predicted octanol–water partition coefficient (Wildman–Crippen LogP) is 1.84. The molecule has 0 aliphatic heterocycles. The van der Waals surface area contributed by atoms with E-state index in [-0.39, 0.29) is 11.5 Å². The van der Waals surface area contributed by atoms with E-state index < -0.39 is 11.4 Å². The Balaban J connectivity index is 2.14. The zero-order valence-corrected chi connectivity index (χ0v) is 10.7. The molecular weight excluding hydrogens is 244 g/mol. The predicted molar refractivity (Wildman–Crippen MR) is 72.0 cm³/mol. The number of benzene rings is 1. The van der Waals surface area contributed by atoms with Gasteiger partial charge in [-0.3, -0.25) is 4.79 Å². The monoisotopic (exact) mass is 262 g/mol. The van der Waals surface area contributed by atoms with Gasteiger partial charge in [-0.2, -0.15) is 0 Å². The molecule has 1 amide bonds. The highest BCUT2D eigenvalue weighted by atomic mass is 16.4. The van der Waals surface area contributed by atoms with Gasteiger partial charge in [-0.15, -0.1) is 0 Å². The van der Waals surface area contributed by atoms with Crippen molar-refractivity contribution < 1.29 is 14.7 Å². The lowest BCUT2D eigenvalue weighted by Crippen LogP contribution is -2.40. The van der Waals surface area contributed by atoms with Crippen molar-refractivity contribution in [3.05, 3.63) is 29.8 Å². The molecule has 0 bridgehead atoms. The maximum absolute atomic E-state index is 12.3. The first-order valence-electron chi connectivity index (χ1n) is 6.42. The van der Waals surface area contributed by atoms with Crippen LogP contribution in [0.3, 0.4) is 0 Å². The van der Waals surface area contributed by atoms with Crippen molar-refractivity contribution in [3.8, 4) is 0 Å². The molecule has 1 aliphatic carbocycles. The molecule has 2 rings (SSSR count). The number of nitrogens with one attached hydrogen (secondary N) is 1. The summed E-state index contributed by atoms with van der Waals surface area (Å²) < 4.78 is 0. The van der Waals surface area contributed by atoms with Crippen molar-refractivity contribution in [2.75, 3.05) is 11.9 Å². The standard InChI is InChI=1S/C14H18N2O3/c15-9-14(6-1-2-7-14)13(19)16-11-5-3-4-10(8-11)12(17)18/h3-5,8H,1-2,6-7,9,15H2,(H,16,19)(H,17,18). The van der Waals surface area contributed by atoms with Gasteiger partial charge in [0, 0.05) is 12.2 Å². The van der Waals surface area contributed by atoms with Crippen LogP contribution in [0.1, 0.15) is 36.0 Å². The van der Waals surface area contributed by atoms with Gasteiger partial charge in [-0.25, -0.2) is 4.79 Å².